The number of para-hydroxylation sites is 2. The highest BCUT2D eigenvalue weighted by atomic mass is 16.5. The van der Waals surface area contributed by atoms with E-state index in [2.05, 4.69) is 15.0 Å². The first kappa shape index (κ1) is 19.5. The Kier molecular flexibility index (Phi) is 5.22. The molecule has 1 fully saturated rings. The summed E-state index contributed by atoms with van der Waals surface area (Å²) in [5.41, 5.74) is 3.21. The number of rotatable bonds is 6. The van der Waals surface area contributed by atoms with Gasteiger partial charge in [-0.05, 0) is 73.6 Å². The van der Waals surface area contributed by atoms with E-state index in [4.69, 9.17) is 4.74 Å². The van der Waals surface area contributed by atoms with Crippen LogP contribution < -0.4 is 4.74 Å². The molecular weight excluding hydrogens is 390 g/mol. The molecule has 5 rings (SSSR count). The summed E-state index contributed by atoms with van der Waals surface area (Å²) in [6.45, 7) is 0.230. The van der Waals surface area contributed by atoms with Gasteiger partial charge in [0.05, 0.1) is 11.0 Å². The molecule has 0 amide bonds. The lowest BCUT2D eigenvalue weighted by molar-refractivity contribution is 0.103. The molecule has 2 aromatic carbocycles. The van der Waals surface area contributed by atoms with E-state index in [1.54, 1.807) is 30.5 Å². The number of aliphatic hydroxyl groups is 1. The van der Waals surface area contributed by atoms with Crippen LogP contribution in [0.2, 0.25) is 0 Å². The number of nitrogens with zero attached hydrogens (tertiary/aromatic N) is 2. The van der Waals surface area contributed by atoms with Crippen LogP contribution in [0, 0.1) is 5.92 Å². The Morgan fingerprint density at radius 1 is 1.06 bits per heavy atom. The summed E-state index contributed by atoms with van der Waals surface area (Å²) in [5, 5.41) is 9.45. The van der Waals surface area contributed by atoms with Crippen LogP contribution >= 0.6 is 0 Å². The van der Waals surface area contributed by atoms with E-state index >= 15 is 0 Å². The zero-order valence-corrected chi connectivity index (χ0v) is 17.0. The fourth-order valence-corrected chi connectivity index (χ4v) is 4.31. The summed E-state index contributed by atoms with van der Waals surface area (Å²) in [6.07, 6.45) is 4.71. The van der Waals surface area contributed by atoms with E-state index < -0.39 is 0 Å². The number of ether oxygens (including phenoxy) is 1. The van der Waals surface area contributed by atoms with Gasteiger partial charge >= 0.3 is 0 Å². The second-order valence-corrected chi connectivity index (χ2v) is 8.01. The van der Waals surface area contributed by atoms with Crippen molar-refractivity contribution in [2.45, 2.75) is 25.2 Å². The van der Waals surface area contributed by atoms with Crippen molar-refractivity contribution in [1.82, 2.24) is 15.0 Å². The minimum atomic E-state index is -0.165. The quantitative estimate of drug-likeness (QED) is 0.441. The third-order valence-corrected chi connectivity index (χ3v) is 5.98. The highest BCUT2D eigenvalue weighted by molar-refractivity contribution is 6.08. The van der Waals surface area contributed by atoms with Gasteiger partial charge in [0.2, 0.25) is 11.7 Å². The van der Waals surface area contributed by atoms with Crippen molar-refractivity contribution in [3.05, 3.63) is 83.8 Å². The molecule has 0 radical (unpaired) electrons. The van der Waals surface area contributed by atoms with Gasteiger partial charge in [-0.15, -0.1) is 0 Å². The topological polar surface area (TPSA) is 88.1 Å². The molecule has 1 unspecified atom stereocenters. The predicted molar refractivity (Wildman–Crippen MR) is 117 cm³/mol. The number of aromatic nitrogens is 3. The molecule has 0 bridgehead atoms. The summed E-state index contributed by atoms with van der Waals surface area (Å²) in [6, 6.07) is 18.6. The molecule has 1 aliphatic rings. The fraction of sp³-hybridized carbons (Fsp3) is 0.240. The van der Waals surface area contributed by atoms with Gasteiger partial charge in [0.15, 0.2) is 5.82 Å². The molecule has 0 spiro atoms. The van der Waals surface area contributed by atoms with Crippen LogP contribution in [0.3, 0.4) is 0 Å². The number of ketones is 1. The number of nitrogens with one attached hydrogen (secondary N) is 1. The molecule has 0 aliphatic heterocycles. The molecule has 6 nitrogen and oxygen atoms in total. The van der Waals surface area contributed by atoms with Crippen molar-refractivity contribution < 1.29 is 14.6 Å². The van der Waals surface area contributed by atoms with Gasteiger partial charge in [0.1, 0.15) is 5.75 Å². The Hall–Kier alpha value is -3.51. The van der Waals surface area contributed by atoms with Gasteiger partial charge in [-0.25, -0.2) is 9.97 Å². The maximum Gasteiger partial charge on any atom is 0.228 e. The smallest absolute Gasteiger partial charge is 0.228 e. The van der Waals surface area contributed by atoms with E-state index in [1.165, 1.54) is 0 Å². The molecule has 6 heteroatoms. The number of H-pyrrole nitrogens is 1. The second-order valence-electron chi connectivity index (χ2n) is 8.01. The molecule has 1 saturated carbocycles. The lowest BCUT2D eigenvalue weighted by Crippen LogP contribution is -2.04. The van der Waals surface area contributed by atoms with Crippen LogP contribution in [-0.4, -0.2) is 32.4 Å². The van der Waals surface area contributed by atoms with Crippen molar-refractivity contribution in [1.29, 1.82) is 0 Å². The number of hydrogen-bond donors (Lipinski definition) is 2. The maximum atomic E-state index is 12.8. The van der Waals surface area contributed by atoms with Crippen LogP contribution in [0.25, 0.3) is 11.0 Å². The van der Waals surface area contributed by atoms with E-state index in [9.17, 15) is 9.90 Å². The van der Waals surface area contributed by atoms with Crippen LogP contribution in [0.5, 0.6) is 11.6 Å². The second kappa shape index (κ2) is 8.32. The number of pyridine rings is 1. The Balaban J connectivity index is 1.34. The highest BCUT2D eigenvalue weighted by Gasteiger charge is 2.28. The molecule has 4 aromatic rings. The Morgan fingerprint density at radius 2 is 1.90 bits per heavy atom. The number of imidazole rings is 1. The van der Waals surface area contributed by atoms with Crippen LogP contribution in [0.4, 0.5) is 0 Å². The van der Waals surface area contributed by atoms with E-state index in [0.717, 1.165) is 35.9 Å². The number of fused-ring (bicyclic) bond motifs is 1. The Labute approximate surface area is 179 Å². The van der Waals surface area contributed by atoms with Crippen LogP contribution in [0.1, 0.15) is 46.9 Å². The van der Waals surface area contributed by atoms with Crippen molar-refractivity contribution in [2.75, 3.05) is 6.61 Å². The Bertz CT molecular complexity index is 1180. The number of carbonyl (C=O) groups is 1. The molecule has 2 aromatic heterocycles. The van der Waals surface area contributed by atoms with Crippen molar-refractivity contribution in [2.24, 2.45) is 5.92 Å². The number of aromatic amines is 1. The number of benzene rings is 2. The molecule has 1 aliphatic carbocycles. The fourth-order valence-electron chi connectivity index (χ4n) is 4.31. The predicted octanol–water partition coefficient (Wildman–Crippen LogP) is 4.86. The molecule has 2 heterocycles. The van der Waals surface area contributed by atoms with Crippen molar-refractivity contribution in [3.8, 4) is 11.6 Å². The lowest BCUT2D eigenvalue weighted by atomic mass is 9.97. The molecule has 2 atom stereocenters. The van der Waals surface area contributed by atoms with E-state index in [1.807, 2.05) is 36.4 Å². The minimum Gasteiger partial charge on any atom is -0.439 e. The average molecular weight is 413 g/mol. The van der Waals surface area contributed by atoms with Crippen molar-refractivity contribution >= 4 is 16.8 Å². The zero-order chi connectivity index (χ0) is 21.2. The summed E-state index contributed by atoms with van der Waals surface area (Å²) in [5.74, 6) is 2.06. The maximum absolute atomic E-state index is 12.8. The lowest BCUT2D eigenvalue weighted by Gasteiger charge is -2.15. The van der Waals surface area contributed by atoms with Gasteiger partial charge in [0, 0.05) is 23.9 Å². The first-order chi connectivity index (χ1) is 15.2. The van der Waals surface area contributed by atoms with Gasteiger partial charge in [-0.1, -0.05) is 18.2 Å². The largest absolute Gasteiger partial charge is 0.439 e. The highest BCUT2D eigenvalue weighted by Crippen LogP contribution is 2.41. The Morgan fingerprint density at radius 3 is 2.68 bits per heavy atom. The first-order valence-electron chi connectivity index (χ1n) is 10.5. The number of carbonyl (C=O) groups excluding carboxylic acids is 1. The monoisotopic (exact) mass is 413 g/mol. The SMILES string of the molecule is O=C(c1ccc(Oc2ncccc2C2CC[C@@H](CO)C2)cc1)c1nc2ccccc2[nH]1. The normalized spacial score (nSPS) is 18.4. The minimum absolute atomic E-state index is 0.165. The summed E-state index contributed by atoms with van der Waals surface area (Å²) in [7, 11) is 0. The molecule has 0 saturated heterocycles. The third-order valence-electron chi connectivity index (χ3n) is 5.98. The standard InChI is InChI=1S/C25H23N3O3/c29-15-16-7-8-18(14-16)20-4-3-13-26-25(20)31-19-11-9-17(10-12-19)23(30)24-27-21-5-1-2-6-22(21)28-24/h1-6,9-13,16,18,29H,7-8,14-15H2,(H,27,28)/t16-,18?/m1/s1. The van der Waals surface area contributed by atoms with Gasteiger partial charge in [-0.3, -0.25) is 4.79 Å². The van der Waals surface area contributed by atoms with Crippen LogP contribution in [0.15, 0.2) is 66.9 Å². The summed E-state index contributed by atoms with van der Waals surface area (Å²) < 4.78 is 6.07. The van der Waals surface area contributed by atoms with Gasteiger partial charge < -0.3 is 14.8 Å². The molecule has 2 N–H and O–H groups in total. The molecule has 156 valence electrons. The summed E-state index contributed by atoms with van der Waals surface area (Å²) >= 11 is 0. The molecular formula is C25H23N3O3. The van der Waals surface area contributed by atoms with Crippen molar-refractivity contribution in [3.63, 3.8) is 0 Å². The average Bonchev–Trinajstić information content (AvgIpc) is 3.46. The van der Waals surface area contributed by atoms with Gasteiger partial charge in [-0.2, -0.15) is 0 Å². The van der Waals surface area contributed by atoms with Gasteiger partial charge in [0.25, 0.3) is 0 Å². The first-order valence-corrected chi connectivity index (χ1v) is 10.5. The van der Waals surface area contributed by atoms with E-state index in [0.29, 0.717) is 34.9 Å². The number of hydrogen-bond acceptors (Lipinski definition) is 5. The summed E-state index contributed by atoms with van der Waals surface area (Å²) in [4.78, 5) is 24.7. The zero-order valence-electron chi connectivity index (χ0n) is 17.0. The molecule has 31 heavy (non-hydrogen) atoms. The van der Waals surface area contributed by atoms with Crippen LogP contribution in [-0.2, 0) is 0 Å². The van der Waals surface area contributed by atoms with E-state index in [-0.39, 0.29) is 12.4 Å². The number of aliphatic hydroxyl groups excluding tert-OH is 1. The third kappa shape index (κ3) is 3.94.